The molecular formula is C16H12F4N2S2. The smallest absolute Gasteiger partial charge is 0.174 e. The summed E-state index contributed by atoms with van der Waals surface area (Å²) in [7, 11) is 0. The standard InChI is InChI=1S/C16H12F4N2S2/c17-9-1-3-11(4-2-9)21-16(23)22-5-6-24-15(22)14-12(19)7-10(18)8-13(14)20/h1-4,7-8,15H,5-6H2,(H,21,23)/t15-/m1/s1. The Labute approximate surface area is 145 Å². The van der Waals surface area contributed by atoms with E-state index in [9.17, 15) is 17.6 Å². The van der Waals surface area contributed by atoms with E-state index in [1.807, 2.05) is 0 Å². The average Bonchev–Trinajstić information content (AvgIpc) is 2.98. The van der Waals surface area contributed by atoms with Gasteiger partial charge in [-0.3, -0.25) is 0 Å². The third kappa shape index (κ3) is 3.49. The molecule has 1 aliphatic heterocycles. The summed E-state index contributed by atoms with van der Waals surface area (Å²) in [5.74, 6) is -2.61. The molecule has 2 nitrogen and oxygen atoms in total. The molecule has 0 aliphatic carbocycles. The largest absolute Gasteiger partial charge is 0.333 e. The number of thioether (sulfide) groups is 1. The summed E-state index contributed by atoms with van der Waals surface area (Å²) in [4.78, 5) is 1.63. The first kappa shape index (κ1) is 17.0. The molecule has 1 atom stereocenters. The van der Waals surface area contributed by atoms with Crippen molar-refractivity contribution >= 4 is 34.8 Å². The summed E-state index contributed by atoms with van der Waals surface area (Å²) in [5, 5.41) is 2.49. The van der Waals surface area contributed by atoms with Crippen LogP contribution < -0.4 is 5.32 Å². The highest BCUT2D eigenvalue weighted by Crippen LogP contribution is 2.40. The van der Waals surface area contributed by atoms with Crippen LogP contribution in [0.5, 0.6) is 0 Å². The lowest BCUT2D eigenvalue weighted by Crippen LogP contribution is -2.34. The van der Waals surface area contributed by atoms with Crippen LogP contribution in [0, 0.1) is 23.3 Å². The molecule has 1 aliphatic rings. The number of hydrogen-bond acceptors (Lipinski definition) is 2. The summed E-state index contributed by atoms with van der Waals surface area (Å²) < 4.78 is 54.1. The first-order valence-corrected chi connectivity index (χ1v) is 8.50. The van der Waals surface area contributed by atoms with E-state index in [2.05, 4.69) is 5.32 Å². The quantitative estimate of drug-likeness (QED) is 0.608. The molecule has 2 aromatic rings. The molecule has 1 N–H and O–H groups in total. The molecule has 8 heteroatoms. The van der Waals surface area contributed by atoms with E-state index in [0.29, 0.717) is 30.1 Å². The van der Waals surface area contributed by atoms with E-state index in [0.717, 1.165) is 0 Å². The number of halogens is 4. The van der Waals surface area contributed by atoms with Crippen molar-refractivity contribution in [1.29, 1.82) is 0 Å². The second kappa shape index (κ2) is 6.98. The second-order valence-electron chi connectivity index (χ2n) is 5.14. The van der Waals surface area contributed by atoms with Gasteiger partial charge >= 0.3 is 0 Å². The molecule has 1 fully saturated rings. The highest BCUT2D eigenvalue weighted by molar-refractivity contribution is 7.99. The number of benzene rings is 2. The zero-order valence-corrected chi connectivity index (χ0v) is 13.9. The van der Waals surface area contributed by atoms with Crippen molar-refractivity contribution in [3.63, 3.8) is 0 Å². The molecule has 126 valence electrons. The van der Waals surface area contributed by atoms with Gasteiger partial charge in [0, 0.05) is 30.1 Å². The van der Waals surface area contributed by atoms with Crippen molar-refractivity contribution in [1.82, 2.24) is 4.90 Å². The topological polar surface area (TPSA) is 15.3 Å². The van der Waals surface area contributed by atoms with Crippen LogP contribution in [-0.4, -0.2) is 22.3 Å². The van der Waals surface area contributed by atoms with Gasteiger partial charge < -0.3 is 10.2 Å². The van der Waals surface area contributed by atoms with Gasteiger partial charge in [0.2, 0.25) is 0 Å². The van der Waals surface area contributed by atoms with Crippen LogP contribution >= 0.6 is 24.0 Å². The first-order chi connectivity index (χ1) is 11.5. The van der Waals surface area contributed by atoms with Gasteiger partial charge in [-0.1, -0.05) is 0 Å². The molecule has 0 bridgehead atoms. The summed E-state index contributed by atoms with van der Waals surface area (Å²) in [5.41, 5.74) is 0.347. The van der Waals surface area contributed by atoms with Gasteiger partial charge in [-0.2, -0.15) is 0 Å². The zero-order chi connectivity index (χ0) is 17.3. The molecule has 0 amide bonds. The Morgan fingerprint density at radius 1 is 1.04 bits per heavy atom. The maximum absolute atomic E-state index is 14.0. The Bertz CT molecular complexity index is 744. The molecular weight excluding hydrogens is 360 g/mol. The van der Waals surface area contributed by atoms with Crippen molar-refractivity contribution in [3.8, 4) is 0 Å². The first-order valence-electron chi connectivity index (χ1n) is 7.05. The number of thiocarbonyl (C=S) groups is 1. The van der Waals surface area contributed by atoms with Gasteiger partial charge in [0.15, 0.2) is 5.11 Å². The minimum atomic E-state index is -0.963. The zero-order valence-electron chi connectivity index (χ0n) is 12.2. The third-order valence-electron chi connectivity index (χ3n) is 3.54. The van der Waals surface area contributed by atoms with Gasteiger partial charge in [-0.15, -0.1) is 11.8 Å². The van der Waals surface area contributed by atoms with Gasteiger partial charge in [0.1, 0.15) is 28.6 Å². The van der Waals surface area contributed by atoms with E-state index in [-0.39, 0.29) is 16.5 Å². The Hall–Kier alpha value is -1.80. The summed E-state index contributed by atoms with van der Waals surface area (Å²) >= 11 is 6.62. The lowest BCUT2D eigenvalue weighted by molar-refractivity contribution is 0.422. The van der Waals surface area contributed by atoms with Crippen LogP contribution in [0.2, 0.25) is 0 Å². The van der Waals surface area contributed by atoms with Gasteiger partial charge in [0.25, 0.3) is 0 Å². The average molecular weight is 372 g/mol. The molecule has 0 aromatic heterocycles. The summed E-state index contributed by atoms with van der Waals surface area (Å²) in [6, 6.07) is 6.90. The fourth-order valence-corrected chi connectivity index (χ4v) is 4.12. The lowest BCUT2D eigenvalue weighted by Gasteiger charge is -2.27. The third-order valence-corrected chi connectivity index (χ3v) is 5.10. The molecule has 3 rings (SSSR count). The molecule has 0 spiro atoms. The van der Waals surface area contributed by atoms with Gasteiger partial charge in [0.05, 0.1) is 5.56 Å². The number of nitrogens with one attached hydrogen (secondary N) is 1. The Morgan fingerprint density at radius 2 is 1.67 bits per heavy atom. The van der Waals surface area contributed by atoms with Crippen LogP contribution in [-0.2, 0) is 0 Å². The highest BCUT2D eigenvalue weighted by Gasteiger charge is 2.33. The van der Waals surface area contributed by atoms with Crippen LogP contribution in [0.3, 0.4) is 0 Å². The van der Waals surface area contributed by atoms with Crippen molar-refractivity contribution in [2.45, 2.75) is 5.37 Å². The van der Waals surface area contributed by atoms with Gasteiger partial charge in [-0.05, 0) is 36.5 Å². The fourth-order valence-electron chi connectivity index (χ4n) is 2.43. The molecule has 24 heavy (non-hydrogen) atoms. The predicted octanol–water partition coefficient (Wildman–Crippen LogP) is 4.69. The highest BCUT2D eigenvalue weighted by atomic mass is 32.2. The number of anilines is 1. The van der Waals surface area contributed by atoms with E-state index in [1.54, 1.807) is 4.90 Å². The summed E-state index contributed by atoms with van der Waals surface area (Å²) in [6.07, 6.45) is 0. The number of rotatable bonds is 2. The Balaban J connectivity index is 1.83. The molecule has 2 aromatic carbocycles. The monoisotopic (exact) mass is 372 g/mol. The van der Waals surface area contributed by atoms with Crippen molar-refractivity contribution in [3.05, 3.63) is 65.2 Å². The SMILES string of the molecule is Fc1ccc(NC(=S)N2CCS[C@@H]2c2c(F)cc(F)cc2F)cc1. The maximum atomic E-state index is 14.0. The Kier molecular flexibility index (Phi) is 4.96. The van der Waals surface area contributed by atoms with E-state index in [1.165, 1.54) is 36.0 Å². The minimum Gasteiger partial charge on any atom is -0.333 e. The normalized spacial score (nSPS) is 17.2. The second-order valence-corrected chi connectivity index (χ2v) is 6.71. The molecule has 0 unspecified atom stereocenters. The van der Waals surface area contributed by atoms with Crippen LogP contribution in [0.1, 0.15) is 10.9 Å². The van der Waals surface area contributed by atoms with Crippen molar-refractivity contribution in [2.24, 2.45) is 0 Å². The van der Waals surface area contributed by atoms with E-state index in [4.69, 9.17) is 12.2 Å². The van der Waals surface area contributed by atoms with Crippen molar-refractivity contribution < 1.29 is 17.6 Å². The van der Waals surface area contributed by atoms with E-state index < -0.39 is 22.8 Å². The molecule has 1 heterocycles. The van der Waals surface area contributed by atoms with Gasteiger partial charge in [-0.25, -0.2) is 17.6 Å². The van der Waals surface area contributed by atoms with E-state index >= 15 is 0 Å². The molecule has 0 saturated carbocycles. The number of hydrogen-bond donors (Lipinski definition) is 1. The lowest BCUT2D eigenvalue weighted by atomic mass is 10.1. The van der Waals surface area contributed by atoms with Crippen LogP contribution in [0.4, 0.5) is 23.2 Å². The predicted molar refractivity (Wildman–Crippen MR) is 90.8 cm³/mol. The Morgan fingerprint density at radius 3 is 2.29 bits per heavy atom. The van der Waals surface area contributed by atoms with Crippen LogP contribution in [0.15, 0.2) is 36.4 Å². The minimum absolute atomic E-state index is 0.220. The fraction of sp³-hybridized carbons (Fsp3) is 0.188. The van der Waals surface area contributed by atoms with Crippen molar-refractivity contribution in [2.75, 3.05) is 17.6 Å². The van der Waals surface area contributed by atoms with Crippen LogP contribution in [0.25, 0.3) is 0 Å². The maximum Gasteiger partial charge on any atom is 0.174 e. The number of nitrogens with zero attached hydrogens (tertiary/aromatic N) is 1. The molecule has 1 saturated heterocycles. The molecule has 0 radical (unpaired) electrons. The summed E-state index contributed by atoms with van der Waals surface area (Å²) in [6.45, 7) is 0.485.